The van der Waals surface area contributed by atoms with E-state index in [2.05, 4.69) is 5.32 Å². The number of amides is 1. The summed E-state index contributed by atoms with van der Waals surface area (Å²) in [5.41, 5.74) is -2.48. The third-order valence-electron chi connectivity index (χ3n) is 3.46. The topological polar surface area (TPSA) is 75.6 Å². The van der Waals surface area contributed by atoms with Gasteiger partial charge in [-0.2, -0.15) is 13.2 Å². The molecular weight excluding hydrogens is 339 g/mol. The zero-order valence-electron chi connectivity index (χ0n) is 11.7. The molecule has 0 aliphatic carbocycles. The third kappa shape index (κ3) is 4.35. The van der Waals surface area contributed by atoms with Gasteiger partial charge < -0.3 is 15.2 Å². The van der Waals surface area contributed by atoms with Gasteiger partial charge >= 0.3 is 12.1 Å². The molecule has 9 heteroatoms. The Morgan fingerprint density at radius 3 is 2.57 bits per heavy atom. The van der Waals surface area contributed by atoms with Crippen LogP contribution in [0, 0.1) is 0 Å². The van der Waals surface area contributed by atoms with Crippen molar-refractivity contribution in [2.45, 2.75) is 24.6 Å². The van der Waals surface area contributed by atoms with Crippen LogP contribution in [0.1, 0.15) is 28.8 Å². The number of carbonyl (C=O) groups is 2. The maximum atomic E-state index is 12.8. The van der Waals surface area contributed by atoms with E-state index >= 15 is 0 Å². The van der Waals surface area contributed by atoms with Crippen molar-refractivity contribution < 1.29 is 32.6 Å². The van der Waals surface area contributed by atoms with Gasteiger partial charge in [-0.25, -0.2) is 0 Å². The summed E-state index contributed by atoms with van der Waals surface area (Å²) in [5, 5.41) is 11.2. The smallest absolute Gasteiger partial charge is 0.416 e. The summed E-state index contributed by atoms with van der Waals surface area (Å²) < 4.78 is 43.4. The van der Waals surface area contributed by atoms with Crippen molar-refractivity contribution in [3.05, 3.63) is 34.3 Å². The summed E-state index contributed by atoms with van der Waals surface area (Å²) in [4.78, 5) is 23.2. The Hall–Kier alpha value is -1.80. The molecule has 1 aliphatic heterocycles. The number of nitrogens with one attached hydrogen (secondary N) is 1. The highest BCUT2D eigenvalue weighted by molar-refractivity contribution is 6.31. The van der Waals surface area contributed by atoms with Crippen LogP contribution >= 0.6 is 11.6 Å². The van der Waals surface area contributed by atoms with E-state index in [-0.39, 0.29) is 36.6 Å². The van der Waals surface area contributed by atoms with E-state index < -0.39 is 29.2 Å². The van der Waals surface area contributed by atoms with Crippen molar-refractivity contribution in [2.75, 3.05) is 13.2 Å². The van der Waals surface area contributed by atoms with Crippen molar-refractivity contribution in [1.29, 1.82) is 0 Å². The van der Waals surface area contributed by atoms with Crippen molar-refractivity contribution >= 4 is 23.5 Å². The molecule has 0 spiro atoms. The van der Waals surface area contributed by atoms with Gasteiger partial charge in [0.1, 0.15) is 0 Å². The van der Waals surface area contributed by atoms with Crippen molar-refractivity contribution in [1.82, 2.24) is 5.32 Å². The summed E-state index contributed by atoms with van der Waals surface area (Å²) in [6.45, 7) is 0.245. The van der Waals surface area contributed by atoms with E-state index in [0.717, 1.165) is 6.07 Å². The molecule has 1 aromatic carbocycles. The van der Waals surface area contributed by atoms with Crippen LogP contribution in [0.5, 0.6) is 0 Å². The number of carbonyl (C=O) groups excluding carboxylic acids is 1. The number of carboxylic acids is 1. The monoisotopic (exact) mass is 351 g/mol. The van der Waals surface area contributed by atoms with Gasteiger partial charge in [0.2, 0.25) is 0 Å². The van der Waals surface area contributed by atoms with E-state index in [4.69, 9.17) is 21.4 Å². The minimum atomic E-state index is -4.64. The molecule has 0 bridgehead atoms. The SMILES string of the molecule is O=C(O)CC1(NC(=O)c2cc(Cl)cc(C(F)(F)F)c2)CCOC1. The molecule has 5 nitrogen and oxygen atoms in total. The molecule has 2 N–H and O–H groups in total. The molecule has 0 saturated carbocycles. The van der Waals surface area contributed by atoms with Gasteiger partial charge in [0.15, 0.2) is 0 Å². The van der Waals surface area contributed by atoms with Gasteiger partial charge in [-0.15, -0.1) is 0 Å². The molecular formula is C14H13ClF3NO4. The first kappa shape index (κ1) is 17.6. The second-order valence-corrected chi connectivity index (χ2v) is 5.77. The molecule has 1 aliphatic rings. The normalized spacial score (nSPS) is 21.2. The van der Waals surface area contributed by atoms with Crippen LogP contribution in [0.25, 0.3) is 0 Å². The Bertz CT molecular complexity index is 627. The van der Waals surface area contributed by atoms with Crippen LogP contribution in [0.4, 0.5) is 13.2 Å². The lowest BCUT2D eigenvalue weighted by Gasteiger charge is -2.27. The fourth-order valence-electron chi connectivity index (χ4n) is 2.38. The fraction of sp³-hybridized carbons (Fsp3) is 0.429. The first-order valence-corrected chi connectivity index (χ1v) is 6.99. The lowest BCUT2D eigenvalue weighted by molar-refractivity contribution is -0.139. The molecule has 1 saturated heterocycles. The molecule has 23 heavy (non-hydrogen) atoms. The summed E-state index contributed by atoms with van der Waals surface area (Å²) >= 11 is 5.64. The fourth-order valence-corrected chi connectivity index (χ4v) is 2.61. The lowest BCUT2D eigenvalue weighted by atomic mass is 9.93. The number of hydrogen-bond acceptors (Lipinski definition) is 3. The maximum Gasteiger partial charge on any atom is 0.416 e. The lowest BCUT2D eigenvalue weighted by Crippen LogP contribution is -2.50. The molecule has 0 aromatic heterocycles. The molecule has 1 fully saturated rings. The predicted octanol–water partition coefficient (Wildman–Crippen LogP) is 2.72. The van der Waals surface area contributed by atoms with E-state index in [9.17, 15) is 22.8 Å². The molecule has 0 radical (unpaired) electrons. The summed E-state index contributed by atoms with van der Waals surface area (Å²) in [6, 6.07) is 2.48. The number of benzene rings is 1. The van der Waals surface area contributed by atoms with Gasteiger partial charge in [-0.3, -0.25) is 9.59 Å². The number of aliphatic carboxylic acids is 1. The molecule has 1 aromatic rings. The highest BCUT2D eigenvalue weighted by atomic mass is 35.5. The van der Waals surface area contributed by atoms with Crippen LogP contribution < -0.4 is 5.32 Å². The van der Waals surface area contributed by atoms with Crippen LogP contribution in [-0.2, 0) is 15.7 Å². The summed E-state index contributed by atoms with van der Waals surface area (Å²) in [6.07, 6.45) is -4.77. The Kier molecular flexibility index (Phi) is 4.86. The zero-order valence-corrected chi connectivity index (χ0v) is 12.5. The zero-order chi connectivity index (χ0) is 17.3. The number of halogens is 4. The quantitative estimate of drug-likeness (QED) is 0.874. The largest absolute Gasteiger partial charge is 0.481 e. The Morgan fingerprint density at radius 1 is 1.35 bits per heavy atom. The van der Waals surface area contributed by atoms with Crippen molar-refractivity contribution in [2.24, 2.45) is 0 Å². The van der Waals surface area contributed by atoms with Gasteiger partial charge in [0.25, 0.3) is 5.91 Å². The van der Waals surface area contributed by atoms with Gasteiger partial charge in [-0.05, 0) is 24.6 Å². The van der Waals surface area contributed by atoms with E-state index in [0.29, 0.717) is 12.1 Å². The van der Waals surface area contributed by atoms with Gasteiger partial charge in [0.05, 0.1) is 24.1 Å². The molecule has 1 heterocycles. The van der Waals surface area contributed by atoms with Gasteiger partial charge in [-0.1, -0.05) is 11.6 Å². The summed E-state index contributed by atoms with van der Waals surface area (Å²) in [5.74, 6) is -1.97. The maximum absolute atomic E-state index is 12.8. The van der Waals surface area contributed by atoms with Crippen molar-refractivity contribution in [3.8, 4) is 0 Å². The highest BCUT2D eigenvalue weighted by Crippen LogP contribution is 2.32. The predicted molar refractivity (Wildman–Crippen MR) is 74.3 cm³/mol. The first-order chi connectivity index (χ1) is 10.6. The van der Waals surface area contributed by atoms with Crippen LogP contribution in [0.3, 0.4) is 0 Å². The van der Waals surface area contributed by atoms with E-state index in [1.807, 2.05) is 0 Å². The second kappa shape index (κ2) is 6.37. The standard InChI is InChI=1S/C14H13ClF3NO4/c15-10-4-8(3-9(5-10)14(16,17)18)12(22)19-13(6-11(20)21)1-2-23-7-13/h3-5H,1-2,6-7H2,(H,19,22)(H,20,21). The van der Waals surface area contributed by atoms with Crippen LogP contribution in [-0.4, -0.2) is 35.7 Å². The second-order valence-electron chi connectivity index (χ2n) is 5.33. The number of alkyl halides is 3. The number of carboxylic acid groups (broad SMARTS) is 1. The number of ether oxygens (including phenoxy) is 1. The van der Waals surface area contributed by atoms with Gasteiger partial charge in [0, 0.05) is 17.2 Å². The Labute approximate surface area is 134 Å². The first-order valence-electron chi connectivity index (χ1n) is 6.61. The average molecular weight is 352 g/mol. The molecule has 2 rings (SSSR count). The molecule has 1 atom stereocenters. The third-order valence-corrected chi connectivity index (χ3v) is 3.68. The van der Waals surface area contributed by atoms with E-state index in [1.165, 1.54) is 0 Å². The van der Waals surface area contributed by atoms with Crippen LogP contribution in [0.2, 0.25) is 5.02 Å². The molecule has 1 unspecified atom stereocenters. The number of hydrogen-bond donors (Lipinski definition) is 2. The van der Waals surface area contributed by atoms with Crippen LogP contribution in [0.15, 0.2) is 18.2 Å². The van der Waals surface area contributed by atoms with E-state index in [1.54, 1.807) is 0 Å². The Balaban J connectivity index is 2.26. The highest BCUT2D eigenvalue weighted by Gasteiger charge is 2.39. The Morgan fingerprint density at radius 2 is 2.04 bits per heavy atom. The molecule has 1 amide bonds. The minimum absolute atomic E-state index is 0.0161. The van der Waals surface area contributed by atoms with Crippen molar-refractivity contribution in [3.63, 3.8) is 0 Å². The summed E-state index contributed by atoms with van der Waals surface area (Å²) in [7, 11) is 0. The number of rotatable bonds is 4. The molecule has 126 valence electrons. The minimum Gasteiger partial charge on any atom is -0.481 e. The average Bonchev–Trinajstić information content (AvgIpc) is 2.84.